The molecule has 104 valence electrons. The van der Waals surface area contributed by atoms with E-state index in [1.54, 1.807) is 0 Å². The summed E-state index contributed by atoms with van der Waals surface area (Å²) in [6, 6.07) is 0.412. The van der Waals surface area contributed by atoms with Crippen LogP contribution in [-0.2, 0) is 10.0 Å². The van der Waals surface area contributed by atoms with Crippen molar-refractivity contribution < 1.29 is 21.6 Å². The maximum absolute atomic E-state index is 13.5. The van der Waals surface area contributed by atoms with Crippen molar-refractivity contribution in [3.8, 4) is 0 Å². The Bertz CT molecular complexity index is 602. The highest BCUT2D eigenvalue weighted by atomic mass is 32.2. The van der Waals surface area contributed by atoms with Gasteiger partial charge in [0, 0.05) is 18.2 Å². The summed E-state index contributed by atoms with van der Waals surface area (Å²) in [6.45, 7) is 1.37. The number of hydrogen-bond donors (Lipinski definition) is 2. The molecule has 2 N–H and O–H groups in total. The van der Waals surface area contributed by atoms with Crippen molar-refractivity contribution >= 4 is 10.0 Å². The standard InChI is InChI=1S/C11H11F3N2O2S/c12-5-1-8(13)11(9(14)2-5)19(17,18)16-10-6-3-15-4-7(6)10/h1-2,6-7,10,15-16H,3-4H2. The highest BCUT2D eigenvalue weighted by molar-refractivity contribution is 7.89. The first kappa shape index (κ1) is 12.9. The number of fused-ring (bicyclic) bond motifs is 1. The van der Waals surface area contributed by atoms with Gasteiger partial charge in [-0.2, -0.15) is 0 Å². The van der Waals surface area contributed by atoms with Crippen LogP contribution in [0.25, 0.3) is 0 Å². The van der Waals surface area contributed by atoms with E-state index in [0.717, 1.165) is 0 Å². The molecule has 1 aliphatic carbocycles. The maximum atomic E-state index is 13.5. The quantitative estimate of drug-likeness (QED) is 0.858. The molecule has 4 nitrogen and oxygen atoms in total. The van der Waals surface area contributed by atoms with E-state index in [1.165, 1.54) is 0 Å². The van der Waals surface area contributed by atoms with Crippen LogP contribution in [0.5, 0.6) is 0 Å². The summed E-state index contributed by atoms with van der Waals surface area (Å²) in [4.78, 5) is -1.12. The molecule has 1 saturated carbocycles. The molecule has 2 unspecified atom stereocenters. The second-order valence-electron chi connectivity index (χ2n) is 4.83. The number of halogens is 3. The third-order valence-corrected chi connectivity index (χ3v) is 5.12. The first-order valence-electron chi connectivity index (χ1n) is 5.78. The SMILES string of the molecule is O=S(=O)(NC1C2CNCC21)c1c(F)cc(F)cc1F. The first-order chi connectivity index (χ1) is 8.90. The number of nitrogens with one attached hydrogen (secondary N) is 2. The minimum Gasteiger partial charge on any atom is -0.316 e. The smallest absolute Gasteiger partial charge is 0.246 e. The fraction of sp³-hybridized carbons (Fsp3) is 0.455. The molecule has 8 heteroatoms. The fourth-order valence-electron chi connectivity index (χ4n) is 2.62. The first-order valence-corrected chi connectivity index (χ1v) is 7.26. The zero-order valence-electron chi connectivity index (χ0n) is 9.66. The third kappa shape index (κ3) is 2.13. The molecule has 2 atom stereocenters. The molecule has 0 aromatic heterocycles. The lowest BCUT2D eigenvalue weighted by Gasteiger charge is -2.10. The maximum Gasteiger partial charge on any atom is 0.246 e. The van der Waals surface area contributed by atoms with Crippen LogP contribution >= 0.6 is 0 Å². The Morgan fingerprint density at radius 3 is 2.16 bits per heavy atom. The Morgan fingerprint density at radius 1 is 1.11 bits per heavy atom. The zero-order valence-corrected chi connectivity index (χ0v) is 10.5. The van der Waals surface area contributed by atoms with Gasteiger partial charge in [-0.25, -0.2) is 26.3 Å². The van der Waals surface area contributed by atoms with Crippen LogP contribution < -0.4 is 10.0 Å². The van der Waals surface area contributed by atoms with Crippen LogP contribution in [-0.4, -0.2) is 27.5 Å². The van der Waals surface area contributed by atoms with Crippen LogP contribution in [0.15, 0.2) is 17.0 Å². The molecule has 3 rings (SSSR count). The summed E-state index contributed by atoms with van der Waals surface area (Å²) in [5.74, 6) is -3.66. The summed E-state index contributed by atoms with van der Waals surface area (Å²) in [6.07, 6.45) is 0. The van der Waals surface area contributed by atoms with Crippen LogP contribution in [0, 0.1) is 29.3 Å². The minimum atomic E-state index is -4.31. The molecular formula is C11H11F3N2O2S. The van der Waals surface area contributed by atoms with Crippen molar-refractivity contribution in [1.29, 1.82) is 0 Å². The lowest BCUT2D eigenvalue weighted by atomic mass is 10.3. The van der Waals surface area contributed by atoms with Gasteiger partial charge in [0.15, 0.2) is 4.90 Å². The average Bonchev–Trinajstić information content (AvgIpc) is 2.71. The summed E-state index contributed by atoms with van der Waals surface area (Å²) in [7, 11) is -4.31. The average molecular weight is 292 g/mol. The molecule has 19 heavy (non-hydrogen) atoms. The van der Waals surface area contributed by atoms with Crippen LogP contribution in [0.4, 0.5) is 13.2 Å². The molecule has 1 heterocycles. The molecule has 0 spiro atoms. The van der Waals surface area contributed by atoms with Crippen LogP contribution in [0.2, 0.25) is 0 Å². The Morgan fingerprint density at radius 2 is 1.63 bits per heavy atom. The van der Waals surface area contributed by atoms with Gasteiger partial charge in [0.2, 0.25) is 10.0 Å². The van der Waals surface area contributed by atoms with Crippen LogP contribution in [0.1, 0.15) is 0 Å². The zero-order chi connectivity index (χ0) is 13.8. The van der Waals surface area contributed by atoms with Gasteiger partial charge in [-0.1, -0.05) is 0 Å². The van der Waals surface area contributed by atoms with Gasteiger partial charge in [-0.05, 0) is 24.9 Å². The van der Waals surface area contributed by atoms with E-state index in [1.807, 2.05) is 0 Å². The van der Waals surface area contributed by atoms with Gasteiger partial charge < -0.3 is 5.32 Å². The molecule has 1 saturated heterocycles. The van der Waals surface area contributed by atoms with Crippen molar-refractivity contribution in [3.05, 3.63) is 29.6 Å². The van der Waals surface area contributed by atoms with Crippen molar-refractivity contribution in [2.45, 2.75) is 10.9 Å². The molecule has 1 aromatic carbocycles. The molecule has 2 aliphatic rings. The topological polar surface area (TPSA) is 58.2 Å². The fourth-order valence-corrected chi connectivity index (χ4v) is 4.07. The Kier molecular flexibility index (Phi) is 2.84. The van der Waals surface area contributed by atoms with Gasteiger partial charge in [0.25, 0.3) is 0 Å². The van der Waals surface area contributed by atoms with Gasteiger partial charge in [0.05, 0.1) is 0 Å². The van der Waals surface area contributed by atoms with Gasteiger partial charge in [0.1, 0.15) is 17.5 Å². The second-order valence-corrected chi connectivity index (χ2v) is 6.48. The number of piperidine rings is 1. The number of rotatable bonds is 3. The minimum absolute atomic E-state index is 0.168. The van der Waals surface area contributed by atoms with E-state index in [2.05, 4.69) is 10.0 Å². The predicted molar refractivity (Wildman–Crippen MR) is 60.3 cm³/mol. The van der Waals surface area contributed by atoms with Crippen molar-refractivity contribution in [3.63, 3.8) is 0 Å². The summed E-state index contributed by atoms with van der Waals surface area (Å²) < 4.78 is 65.8. The lowest BCUT2D eigenvalue weighted by molar-refractivity contribution is 0.491. The van der Waals surface area contributed by atoms with Crippen molar-refractivity contribution in [1.82, 2.24) is 10.0 Å². The monoisotopic (exact) mass is 292 g/mol. The van der Waals surface area contributed by atoms with E-state index >= 15 is 0 Å². The lowest BCUT2D eigenvalue weighted by Crippen LogP contribution is -2.33. The molecule has 1 aromatic rings. The van der Waals surface area contributed by atoms with E-state index in [-0.39, 0.29) is 17.9 Å². The molecule has 1 aliphatic heterocycles. The second kappa shape index (κ2) is 4.19. The highest BCUT2D eigenvalue weighted by Gasteiger charge is 2.54. The highest BCUT2D eigenvalue weighted by Crippen LogP contribution is 2.42. The summed E-state index contributed by atoms with van der Waals surface area (Å²) >= 11 is 0. The number of benzene rings is 1. The number of hydrogen-bond acceptors (Lipinski definition) is 3. The predicted octanol–water partition coefficient (Wildman–Crippen LogP) is 0.600. The Hall–Kier alpha value is -1.12. The molecular weight excluding hydrogens is 281 g/mol. The Labute approximate surface area is 108 Å². The summed E-state index contributed by atoms with van der Waals surface area (Å²) in [5.41, 5.74) is 0. The largest absolute Gasteiger partial charge is 0.316 e. The summed E-state index contributed by atoms with van der Waals surface area (Å²) in [5, 5.41) is 3.07. The molecule has 0 amide bonds. The van der Waals surface area contributed by atoms with Gasteiger partial charge in [-0.3, -0.25) is 0 Å². The van der Waals surface area contributed by atoms with E-state index in [4.69, 9.17) is 0 Å². The van der Waals surface area contributed by atoms with E-state index in [0.29, 0.717) is 25.2 Å². The Balaban J connectivity index is 1.88. The molecule has 0 bridgehead atoms. The molecule has 0 radical (unpaired) electrons. The van der Waals surface area contributed by atoms with Gasteiger partial charge >= 0.3 is 0 Å². The molecule has 2 fully saturated rings. The van der Waals surface area contributed by atoms with E-state index < -0.39 is 32.4 Å². The van der Waals surface area contributed by atoms with Crippen molar-refractivity contribution in [2.75, 3.05) is 13.1 Å². The normalized spacial score (nSPS) is 29.3. The number of sulfonamides is 1. The van der Waals surface area contributed by atoms with Gasteiger partial charge in [-0.15, -0.1) is 0 Å². The third-order valence-electron chi connectivity index (χ3n) is 3.61. The van der Waals surface area contributed by atoms with E-state index in [9.17, 15) is 21.6 Å². The van der Waals surface area contributed by atoms with Crippen LogP contribution in [0.3, 0.4) is 0 Å². The van der Waals surface area contributed by atoms with Crippen molar-refractivity contribution in [2.24, 2.45) is 11.8 Å².